The van der Waals surface area contributed by atoms with Crippen molar-refractivity contribution >= 4 is 65.6 Å². The Bertz CT molecular complexity index is 3630. The zero-order valence-corrected chi connectivity index (χ0v) is 30.8. The highest BCUT2D eigenvalue weighted by atomic mass is 16.3. The molecule has 0 bridgehead atoms. The van der Waals surface area contributed by atoms with Gasteiger partial charge in [-0.25, -0.2) is 0 Å². The Morgan fingerprint density at radius 2 is 0.842 bits per heavy atom. The molecule has 3 heterocycles. The first kappa shape index (κ1) is 29.7. The summed E-state index contributed by atoms with van der Waals surface area (Å²) in [5, 5.41) is 6.40. The third-order valence-corrected chi connectivity index (χ3v) is 11.5. The molecular formula is C54H34N2O. The van der Waals surface area contributed by atoms with Crippen molar-refractivity contribution in [3.8, 4) is 44.8 Å². The SMILES string of the molecule is [2H]c1cc2c(cc1-c1cc3c4ccc(-c5ccccc5)cc4n(-c4cccc(-c5ccccc5)c4)c3cc1[2H])c1ccccc1n2-c1ccc2oc3ccccc3c2c1. The van der Waals surface area contributed by atoms with Crippen molar-refractivity contribution in [1.29, 1.82) is 0 Å². The summed E-state index contributed by atoms with van der Waals surface area (Å²) in [5.74, 6) is 0. The maximum atomic E-state index is 9.60. The fourth-order valence-electron chi connectivity index (χ4n) is 8.86. The molecule has 3 aromatic heterocycles. The lowest BCUT2D eigenvalue weighted by Gasteiger charge is -2.12. The second kappa shape index (κ2) is 12.5. The van der Waals surface area contributed by atoms with E-state index in [1.165, 1.54) is 0 Å². The van der Waals surface area contributed by atoms with Gasteiger partial charge >= 0.3 is 0 Å². The fraction of sp³-hybridized carbons (Fsp3) is 0. The third kappa shape index (κ3) is 4.99. The average molecular weight is 729 g/mol. The first-order valence-electron chi connectivity index (χ1n) is 20.3. The molecule has 9 aromatic carbocycles. The summed E-state index contributed by atoms with van der Waals surface area (Å²) in [4.78, 5) is 0. The maximum Gasteiger partial charge on any atom is 0.135 e. The van der Waals surface area contributed by atoms with Crippen LogP contribution in [0.3, 0.4) is 0 Å². The minimum absolute atomic E-state index is 0.370. The van der Waals surface area contributed by atoms with Gasteiger partial charge < -0.3 is 13.6 Å². The molecule has 12 rings (SSSR count). The van der Waals surface area contributed by atoms with Gasteiger partial charge in [0.25, 0.3) is 0 Å². The van der Waals surface area contributed by atoms with Gasteiger partial charge in [0.1, 0.15) is 11.2 Å². The molecule has 0 fully saturated rings. The van der Waals surface area contributed by atoms with E-state index in [4.69, 9.17) is 4.42 Å². The zero-order valence-electron chi connectivity index (χ0n) is 32.8. The van der Waals surface area contributed by atoms with Crippen LogP contribution in [-0.4, -0.2) is 9.13 Å². The van der Waals surface area contributed by atoms with E-state index >= 15 is 0 Å². The normalized spacial score (nSPS) is 12.4. The second-order valence-corrected chi connectivity index (χ2v) is 14.8. The molecule has 0 saturated heterocycles. The van der Waals surface area contributed by atoms with Gasteiger partial charge in [0.05, 0.1) is 24.8 Å². The van der Waals surface area contributed by atoms with E-state index in [1.807, 2.05) is 48.5 Å². The standard InChI is InChI=1S/C54H34N2O/c1-3-12-35(13-4-1)37-16-11-17-41(30-37)56-51-28-24-39(32-47(51)44-26-22-40(33-52(44)56)36-14-5-2-6-15-36)38-23-27-50-46(31-38)43-18-7-9-20-49(43)55(50)42-25-29-54-48(34-42)45-19-8-10-21-53(45)57-54/h1-34H/i23D,24D. The molecule has 0 unspecified atom stereocenters. The van der Waals surface area contributed by atoms with Gasteiger partial charge in [-0.3, -0.25) is 0 Å². The van der Waals surface area contributed by atoms with Crippen LogP contribution < -0.4 is 0 Å². The summed E-state index contributed by atoms with van der Waals surface area (Å²) in [6.45, 7) is 0. The largest absolute Gasteiger partial charge is 0.456 e. The van der Waals surface area contributed by atoms with E-state index in [-0.39, 0.29) is 0 Å². The summed E-state index contributed by atoms with van der Waals surface area (Å²) in [7, 11) is 0. The second-order valence-electron chi connectivity index (χ2n) is 14.8. The number of para-hydroxylation sites is 2. The Hall–Kier alpha value is -7.62. The topological polar surface area (TPSA) is 23.0 Å². The van der Waals surface area contributed by atoms with Gasteiger partial charge in [-0.1, -0.05) is 133 Å². The first-order chi connectivity index (χ1) is 29.1. The van der Waals surface area contributed by atoms with Gasteiger partial charge in [-0.2, -0.15) is 0 Å². The predicted molar refractivity (Wildman–Crippen MR) is 239 cm³/mol. The van der Waals surface area contributed by atoms with Crippen LogP contribution in [0, 0.1) is 0 Å². The highest BCUT2D eigenvalue weighted by molar-refractivity contribution is 6.14. The predicted octanol–water partition coefficient (Wildman–Crippen LogP) is 14.8. The van der Waals surface area contributed by atoms with Crippen molar-refractivity contribution in [3.05, 3.63) is 206 Å². The average Bonchev–Trinajstić information content (AvgIpc) is 3.92. The molecule has 0 aliphatic carbocycles. The van der Waals surface area contributed by atoms with Crippen molar-refractivity contribution in [2.75, 3.05) is 0 Å². The molecule has 266 valence electrons. The third-order valence-electron chi connectivity index (χ3n) is 11.5. The van der Waals surface area contributed by atoms with E-state index in [1.54, 1.807) is 0 Å². The highest BCUT2D eigenvalue weighted by Gasteiger charge is 2.18. The summed E-state index contributed by atoms with van der Waals surface area (Å²) < 4.78 is 29.9. The van der Waals surface area contributed by atoms with Crippen LogP contribution >= 0.6 is 0 Å². The molecule has 0 amide bonds. The first-order valence-corrected chi connectivity index (χ1v) is 19.3. The number of rotatable bonds is 5. The van der Waals surface area contributed by atoms with Crippen LogP contribution in [0.25, 0.3) is 110 Å². The van der Waals surface area contributed by atoms with Gasteiger partial charge in [0, 0.05) is 43.7 Å². The summed E-state index contributed by atoms with van der Waals surface area (Å²) in [5.41, 5.74) is 13.8. The van der Waals surface area contributed by atoms with Crippen LogP contribution in [0.2, 0.25) is 0 Å². The molecule has 0 aliphatic heterocycles. The van der Waals surface area contributed by atoms with Crippen LogP contribution in [0.4, 0.5) is 0 Å². The molecule has 3 nitrogen and oxygen atoms in total. The number of benzene rings is 9. The lowest BCUT2D eigenvalue weighted by atomic mass is 9.99. The van der Waals surface area contributed by atoms with Crippen molar-refractivity contribution in [2.45, 2.75) is 0 Å². The Morgan fingerprint density at radius 1 is 0.298 bits per heavy atom. The number of fused-ring (bicyclic) bond motifs is 9. The lowest BCUT2D eigenvalue weighted by Crippen LogP contribution is -1.95. The van der Waals surface area contributed by atoms with Crippen molar-refractivity contribution in [1.82, 2.24) is 9.13 Å². The molecular weight excluding hydrogens is 693 g/mol. The number of hydrogen-bond acceptors (Lipinski definition) is 1. The number of furan rings is 1. The van der Waals surface area contributed by atoms with Crippen LogP contribution in [0.1, 0.15) is 2.74 Å². The zero-order chi connectivity index (χ0) is 39.2. The summed E-state index contributed by atoms with van der Waals surface area (Å²) in [6, 6.07) is 68.1. The fourth-order valence-corrected chi connectivity index (χ4v) is 8.86. The molecule has 0 spiro atoms. The quantitative estimate of drug-likeness (QED) is 0.173. The number of nitrogens with zero attached hydrogens (tertiary/aromatic N) is 2. The van der Waals surface area contributed by atoms with Crippen LogP contribution in [0.15, 0.2) is 211 Å². The Morgan fingerprint density at radius 3 is 1.58 bits per heavy atom. The van der Waals surface area contributed by atoms with E-state index in [9.17, 15) is 2.74 Å². The molecule has 3 heteroatoms. The van der Waals surface area contributed by atoms with E-state index in [2.05, 4.69) is 155 Å². The van der Waals surface area contributed by atoms with E-state index in [0.29, 0.717) is 12.1 Å². The van der Waals surface area contributed by atoms with Crippen LogP contribution in [0.5, 0.6) is 0 Å². The lowest BCUT2D eigenvalue weighted by molar-refractivity contribution is 0.669. The maximum absolute atomic E-state index is 9.60. The van der Waals surface area contributed by atoms with Crippen LogP contribution in [-0.2, 0) is 0 Å². The Kier molecular flexibility index (Phi) is 6.49. The van der Waals surface area contributed by atoms with Gasteiger partial charge in [-0.15, -0.1) is 0 Å². The van der Waals surface area contributed by atoms with Crippen molar-refractivity contribution < 1.29 is 7.16 Å². The monoisotopic (exact) mass is 728 g/mol. The molecule has 12 aromatic rings. The Balaban J connectivity index is 1.07. The molecule has 57 heavy (non-hydrogen) atoms. The molecule has 0 saturated carbocycles. The summed E-state index contributed by atoms with van der Waals surface area (Å²) >= 11 is 0. The minimum atomic E-state index is 0.370. The van der Waals surface area contributed by atoms with Crippen molar-refractivity contribution in [3.63, 3.8) is 0 Å². The van der Waals surface area contributed by atoms with E-state index in [0.717, 1.165) is 110 Å². The minimum Gasteiger partial charge on any atom is -0.456 e. The van der Waals surface area contributed by atoms with Crippen molar-refractivity contribution in [2.24, 2.45) is 0 Å². The summed E-state index contributed by atoms with van der Waals surface area (Å²) in [6.07, 6.45) is 0. The smallest absolute Gasteiger partial charge is 0.135 e. The molecule has 0 atom stereocenters. The van der Waals surface area contributed by atoms with Gasteiger partial charge in [-0.05, 0) is 106 Å². The number of aromatic nitrogens is 2. The van der Waals surface area contributed by atoms with E-state index < -0.39 is 0 Å². The van der Waals surface area contributed by atoms with Gasteiger partial charge in [0.2, 0.25) is 0 Å². The van der Waals surface area contributed by atoms with Gasteiger partial charge in [0.15, 0.2) is 0 Å². The molecule has 0 aliphatic rings. The highest BCUT2D eigenvalue weighted by Crippen LogP contribution is 2.40. The molecule has 0 radical (unpaired) electrons. The number of hydrogen-bond donors (Lipinski definition) is 0. The Labute approximate surface area is 331 Å². The molecule has 0 N–H and O–H groups in total.